The van der Waals surface area contributed by atoms with Crippen molar-refractivity contribution in [3.05, 3.63) is 59.4 Å². The number of benzene rings is 1. The predicted octanol–water partition coefficient (Wildman–Crippen LogP) is 4.53. The molecule has 3 aliphatic rings. The highest BCUT2D eigenvalue weighted by atomic mass is 16.2. The van der Waals surface area contributed by atoms with E-state index in [1.807, 2.05) is 54.2 Å². The van der Waals surface area contributed by atoms with Crippen LogP contribution in [0.2, 0.25) is 0 Å². The van der Waals surface area contributed by atoms with E-state index >= 15 is 0 Å². The summed E-state index contributed by atoms with van der Waals surface area (Å²) in [6.45, 7) is 0.508. The Bertz CT molecular complexity index is 967. The van der Waals surface area contributed by atoms with Gasteiger partial charge in [-0.15, -0.1) is 0 Å². The van der Waals surface area contributed by atoms with Gasteiger partial charge in [-0.05, 0) is 49.4 Å². The van der Waals surface area contributed by atoms with Gasteiger partial charge in [0, 0.05) is 30.5 Å². The summed E-state index contributed by atoms with van der Waals surface area (Å²) in [6.07, 6.45) is 11.7. The maximum absolute atomic E-state index is 13.8. The van der Waals surface area contributed by atoms with Gasteiger partial charge in [0.2, 0.25) is 5.91 Å². The number of carbonyl (C=O) groups is 2. The molecular weight excluding hydrogens is 386 g/mol. The van der Waals surface area contributed by atoms with Crippen LogP contribution in [0.25, 0.3) is 0 Å². The van der Waals surface area contributed by atoms with E-state index in [-0.39, 0.29) is 29.3 Å². The number of fused-ring (bicyclic) bond motifs is 1. The van der Waals surface area contributed by atoms with Crippen molar-refractivity contribution in [2.24, 2.45) is 7.05 Å². The van der Waals surface area contributed by atoms with Crippen LogP contribution in [0, 0.1) is 0 Å². The maximum Gasteiger partial charge on any atom is 0.254 e. The lowest BCUT2D eigenvalue weighted by Crippen LogP contribution is -2.63. The molecular formula is C26H33N3O2. The fourth-order valence-electron chi connectivity index (χ4n) is 6.43. The average Bonchev–Trinajstić information content (AvgIpc) is 3.43. The normalized spacial score (nSPS) is 23.2. The van der Waals surface area contributed by atoms with Gasteiger partial charge in [0.1, 0.15) is 0 Å². The van der Waals surface area contributed by atoms with Crippen molar-refractivity contribution >= 4 is 11.8 Å². The largest absolute Gasteiger partial charge is 0.353 e. The summed E-state index contributed by atoms with van der Waals surface area (Å²) in [5, 5.41) is 3.23. The second-order valence-electron chi connectivity index (χ2n) is 9.63. The van der Waals surface area contributed by atoms with Gasteiger partial charge in [-0.3, -0.25) is 9.59 Å². The number of rotatable bonds is 4. The Balaban J connectivity index is 1.55. The van der Waals surface area contributed by atoms with Crippen LogP contribution in [0.15, 0.2) is 42.6 Å². The van der Waals surface area contributed by atoms with Crippen molar-refractivity contribution in [2.75, 3.05) is 0 Å². The van der Waals surface area contributed by atoms with Gasteiger partial charge in [-0.1, -0.05) is 50.3 Å². The minimum absolute atomic E-state index is 0.0591. The first kappa shape index (κ1) is 20.3. The third kappa shape index (κ3) is 3.38. The van der Waals surface area contributed by atoms with Crippen LogP contribution >= 0.6 is 0 Å². The van der Waals surface area contributed by atoms with Crippen molar-refractivity contribution in [3.8, 4) is 0 Å². The standard InChI is InChI=1S/C26H33N3O2/c1-28-17-9-12-20(28)18-27-24(30)23-21-13-5-6-14-22(21)25(31)29(19-10-3-2-4-11-19)26(23)15-7-8-16-26/h5-6,9,12-14,17,19,23H,2-4,7-8,10-11,15-16,18H2,1H3,(H,27,30)/t23-/m0/s1. The van der Waals surface area contributed by atoms with E-state index in [4.69, 9.17) is 0 Å². The summed E-state index contributed by atoms with van der Waals surface area (Å²) < 4.78 is 2.04. The van der Waals surface area contributed by atoms with Crippen molar-refractivity contribution in [1.29, 1.82) is 0 Å². The lowest BCUT2D eigenvalue weighted by atomic mass is 9.69. The molecule has 2 aromatic rings. The van der Waals surface area contributed by atoms with Crippen LogP contribution in [0.4, 0.5) is 0 Å². The highest BCUT2D eigenvalue weighted by Gasteiger charge is 2.57. The smallest absolute Gasteiger partial charge is 0.254 e. The van der Waals surface area contributed by atoms with E-state index in [0.717, 1.165) is 55.3 Å². The van der Waals surface area contributed by atoms with Crippen molar-refractivity contribution in [2.45, 2.75) is 81.8 Å². The summed E-state index contributed by atoms with van der Waals surface area (Å²) >= 11 is 0. The lowest BCUT2D eigenvalue weighted by molar-refractivity contribution is -0.127. The molecule has 0 radical (unpaired) electrons. The Kier molecular flexibility index (Phi) is 5.37. The zero-order valence-corrected chi connectivity index (χ0v) is 18.5. The number of nitrogens with one attached hydrogen (secondary N) is 1. The van der Waals surface area contributed by atoms with Gasteiger partial charge in [0.15, 0.2) is 0 Å². The highest BCUT2D eigenvalue weighted by molar-refractivity contribution is 6.02. The summed E-state index contributed by atoms with van der Waals surface area (Å²) in [7, 11) is 2.00. The Morgan fingerprint density at radius 3 is 2.48 bits per heavy atom. The predicted molar refractivity (Wildman–Crippen MR) is 121 cm³/mol. The summed E-state index contributed by atoms with van der Waals surface area (Å²) in [6, 6.07) is 12.1. The number of hydrogen-bond donors (Lipinski definition) is 1. The fraction of sp³-hybridized carbons (Fsp3) is 0.538. The fourth-order valence-corrected chi connectivity index (χ4v) is 6.43. The number of hydrogen-bond acceptors (Lipinski definition) is 2. The molecule has 1 aromatic heterocycles. The lowest BCUT2D eigenvalue weighted by Gasteiger charge is -2.53. The SMILES string of the molecule is Cn1cccc1CNC(=O)[C@@H]1c2ccccc2C(=O)N(C2CCCCC2)C12CCCC2. The van der Waals surface area contributed by atoms with Gasteiger partial charge in [-0.2, -0.15) is 0 Å². The maximum atomic E-state index is 13.8. The molecule has 1 aliphatic heterocycles. The van der Waals surface area contributed by atoms with Gasteiger partial charge < -0.3 is 14.8 Å². The molecule has 2 fully saturated rings. The number of carbonyl (C=O) groups excluding carboxylic acids is 2. The van der Waals surface area contributed by atoms with E-state index in [1.165, 1.54) is 19.3 Å². The topological polar surface area (TPSA) is 54.3 Å². The molecule has 31 heavy (non-hydrogen) atoms. The van der Waals surface area contributed by atoms with E-state index in [9.17, 15) is 9.59 Å². The summed E-state index contributed by atoms with van der Waals surface area (Å²) in [4.78, 5) is 29.8. The molecule has 1 atom stereocenters. The second-order valence-corrected chi connectivity index (χ2v) is 9.63. The Hall–Kier alpha value is -2.56. The molecule has 2 saturated carbocycles. The van der Waals surface area contributed by atoms with Crippen LogP contribution in [0.1, 0.15) is 85.3 Å². The second kappa shape index (κ2) is 8.18. The molecule has 1 N–H and O–H groups in total. The molecule has 2 heterocycles. The van der Waals surface area contributed by atoms with Crippen LogP contribution in [-0.4, -0.2) is 32.9 Å². The first-order chi connectivity index (χ1) is 15.1. The van der Waals surface area contributed by atoms with Crippen molar-refractivity contribution < 1.29 is 9.59 Å². The van der Waals surface area contributed by atoms with E-state index in [2.05, 4.69) is 10.2 Å². The van der Waals surface area contributed by atoms with Gasteiger partial charge >= 0.3 is 0 Å². The quantitative estimate of drug-likeness (QED) is 0.792. The first-order valence-corrected chi connectivity index (χ1v) is 11.9. The minimum Gasteiger partial charge on any atom is -0.353 e. The average molecular weight is 420 g/mol. The monoisotopic (exact) mass is 419 g/mol. The van der Waals surface area contributed by atoms with E-state index in [1.54, 1.807) is 0 Å². The third-order valence-corrected chi connectivity index (χ3v) is 7.90. The Morgan fingerprint density at radius 1 is 1.03 bits per heavy atom. The Morgan fingerprint density at radius 2 is 1.77 bits per heavy atom. The molecule has 1 aromatic carbocycles. The molecule has 164 valence electrons. The molecule has 0 saturated heterocycles. The first-order valence-electron chi connectivity index (χ1n) is 11.9. The van der Waals surface area contributed by atoms with E-state index in [0.29, 0.717) is 6.54 Å². The number of nitrogens with zero attached hydrogens (tertiary/aromatic N) is 2. The zero-order valence-electron chi connectivity index (χ0n) is 18.5. The van der Waals surface area contributed by atoms with Crippen LogP contribution in [0.5, 0.6) is 0 Å². The highest BCUT2D eigenvalue weighted by Crippen LogP contribution is 2.52. The number of aromatic nitrogens is 1. The third-order valence-electron chi connectivity index (χ3n) is 7.90. The molecule has 5 nitrogen and oxygen atoms in total. The van der Waals surface area contributed by atoms with Crippen LogP contribution < -0.4 is 5.32 Å². The molecule has 0 bridgehead atoms. The molecule has 2 aliphatic carbocycles. The number of aryl methyl sites for hydroxylation is 1. The Labute approximate surface area is 184 Å². The zero-order chi connectivity index (χ0) is 21.4. The molecule has 0 unspecified atom stereocenters. The minimum atomic E-state index is -0.383. The molecule has 5 heteroatoms. The summed E-state index contributed by atoms with van der Waals surface area (Å²) in [5.74, 6) is -0.0918. The van der Waals surface area contributed by atoms with Crippen molar-refractivity contribution in [3.63, 3.8) is 0 Å². The summed E-state index contributed by atoms with van der Waals surface area (Å²) in [5.41, 5.74) is 2.35. The van der Waals surface area contributed by atoms with Gasteiger partial charge in [-0.25, -0.2) is 0 Å². The van der Waals surface area contributed by atoms with Crippen LogP contribution in [-0.2, 0) is 18.4 Å². The van der Waals surface area contributed by atoms with E-state index < -0.39 is 0 Å². The van der Waals surface area contributed by atoms with Crippen LogP contribution in [0.3, 0.4) is 0 Å². The molecule has 5 rings (SSSR count). The molecule has 2 amide bonds. The number of amides is 2. The molecule has 1 spiro atoms. The van der Waals surface area contributed by atoms with Gasteiger partial charge in [0.25, 0.3) is 5.91 Å². The van der Waals surface area contributed by atoms with Crippen molar-refractivity contribution in [1.82, 2.24) is 14.8 Å². The van der Waals surface area contributed by atoms with Gasteiger partial charge in [0.05, 0.1) is 18.0 Å².